The predicted octanol–water partition coefficient (Wildman–Crippen LogP) is 1.29. The van der Waals surface area contributed by atoms with Crippen molar-refractivity contribution in [3.8, 4) is 5.75 Å². The highest BCUT2D eigenvalue weighted by atomic mass is 32.1. The maximum atomic E-state index is 13.9. The van der Waals surface area contributed by atoms with Gasteiger partial charge in [-0.05, 0) is 17.5 Å². The topological polar surface area (TPSA) is 116 Å². The Bertz CT molecular complexity index is 1240. The molecule has 0 saturated heterocycles. The van der Waals surface area contributed by atoms with Gasteiger partial charge in [0.15, 0.2) is 11.4 Å². The number of rotatable bonds is 8. The Kier molecular flexibility index (Phi) is 8.58. The number of pyridine rings is 1. The summed E-state index contributed by atoms with van der Waals surface area (Å²) in [4.78, 5) is 40.0. The molecule has 194 valence electrons. The van der Waals surface area contributed by atoms with Gasteiger partial charge in [-0.15, -0.1) is 0 Å². The maximum Gasteiger partial charge on any atom is 0.277 e. The lowest BCUT2D eigenvalue weighted by molar-refractivity contribution is 0.0618. The molecule has 1 aliphatic heterocycles. The van der Waals surface area contributed by atoms with E-state index in [0.717, 1.165) is 6.07 Å². The number of aromatic nitrogens is 1. The molecule has 3 rings (SSSR count). The molecule has 0 fully saturated rings. The number of aromatic hydroxyl groups is 1. The number of thiocarbonyl (C=S) groups is 1. The molecule has 3 N–H and O–H groups in total. The number of hydrogen-bond acceptors (Lipinski definition) is 7. The van der Waals surface area contributed by atoms with Gasteiger partial charge in [-0.25, -0.2) is 8.78 Å². The second-order valence-electron chi connectivity index (χ2n) is 8.61. The van der Waals surface area contributed by atoms with E-state index in [2.05, 4.69) is 10.9 Å². The molecular formula is C23H27F2N5O5S. The maximum absolute atomic E-state index is 13.9. The summed E-state index contributed by atoms with van der Waals surface area (Å²) in [7, 11) is 1.50. The molecule has 36 heavy (non-hydrogen) atoms. The number of amides is 2. The van der Waals surface area contributed by atoms with Crippen molar-refractivity contribution in [2.75, 3.05) is 38.5 Å². The summed E-state index contributed by atoms with van der Waals surface area (Å²) in [5, 5.41) is 12.4. The van der Waals surface area contributed by atoms with Crippen molar-refractivity contribution >= 4 is 29.0 Å². The fraction of sp³-hybridized carbons (Fsp3) is 0.391. The number of carbonyl (C=O) groups is 2. The van der Waals surface area contributed by atoms with E-state index in [1.165, 1.54) is 28.9 Å². The van der Waals surface area contributed by atoms with Gasteiger partial charge in [-0.1, -0.05) is 32.1 Å². The van der Waals surface area contributed by atoms with E-state index < -0.39 is 40.2 Å². The van der Waals surface area contributed by atoms with Gasteiger partial charge in [-0.3, -0.25) is 34.9 Å². The van der Waals surface area contributed by atoms with Gasteiger partial charge in [0.05, 0.1) is 11.6 Å². The van der Waals surface area contributed by atoms with Crippen LogP contribution in [0.1, 0.15) is 40.3 Å². The summed E-state index contributed by atoms with van der Waals surface area (Å²) in [6.45, 7) is 5.04. The number of nitrogens with zero attached hydrogens (tertiary/aromatic N) is 3. The molecular weight excluding hydrogens is 496 g/mol. The number of fused-ring (bicyclic) bond motifs is 1. The molecule has 1 aromatic carbocycles. The number of carbonyl (C=O) groups excluding carboxylic acids is 2. The zero-order valence-corrected chi connectivity index (χ0v) is 20.8. The summed E-state index contributed by atoms with van der Waals surface area (Å²) in [6, 6.07) is 3.02. The molecule has 2 heterocycles. The summed E-state index contributed by atoms with van der Waals surface area (Å²) in [6.07, 6.45) is 1.05. The lowest BCUT2D eigenvalue weighted by Crippen LogP contribution is -2.56. The Morgan fingerprint density at radius 1 is 1.25 bits per heavy atom. The monoisotopic (exact) mass is 523 g/mol. The lowest BCUT2D eigenvalue weighted by Gasteiger charge is -2.40. The Hall–Kier alpha value is -3.58. The van der Waals surface area contributed by atoms with Gasteiger partial charge in [0.2, 0.25) is 5.43 Å². The molecule has 0 spiro atoms. The van der Waals surface area contributed by atoms with Crippen LogP contribution in [-0.4, -0.2) is 65.0 Å². The Balaban J connectivity index is 1.83. The highest BCUT2D eigenvalue weighted by Gasteiger charge is 2.34. The van der Waals surface area contributed by atoms with Gasteiger partial charge in [0, 0.05) is 38.9 Å². The highest BCUT2D eigenvalue weighted by molar-refractivity contribution is 7.80. The number of methoxy groups -OCH3 is 1. The Labute approximate surface area is 211 Å². The van der Waals surface area contributed by atoms with Crippen molar-refractivity contribution < 1.29 is 28.2 Å². The van der Waals surface area contributed by atoms with E-state index >= 15 is 0 Å². The standard InChI is InChI=1S/C23H27F2N5O5S/c1-13(2)10-29-12-28(6-7-35-3)23(34)19-21(32)20(31)16(11-30(19)29)22(33)27-26-18(36)8-14-4-5-15(24)9-17(14)25/h4-5,9,11,13,32H,6-8,10,12H2,1-3H3,(H,26,36)(H,27,33). The summed E-state index contributed by atoms with van der Waals surface area (Å²) >= 11 is 5.09. The van der Waals surface area contributed by atoms with Gasteiger partial charge < -0.3 is 14.7 Å². The largest absolute Gasteiger partial charge is 0.502 e. The van der Waals surface area contributed by atoms with E-state index in [4.69, 9.17) is 17.0 Å². The number of hydrogen-bond donors (Lipinski definition) is 3. The van der Waals surface area contributed by atoms with Gasteiger partial charge >= 0.3 is 0 Å². The second-order valence-corrected chi connectivity index (χ2v) is 9.11. The van der Waals surface area contributed by atoms with E-state index in [1.54, 1.807) is 5.01 Å². The van der Waals surface area contributed by atoms with Crippen LogP contribution < -0.4 is 21.3 Å². The van der Waals surface area contributed by atoms with Crippen molar-refractivity contribution in [3.63, 3.8) is 0 Å². The number of nitrogens with one attached hydrogen (secondary N) is 2. The van der Waals surface area contributed by atoms with E-state index in [-0.39, 0.29) is 48.4 Å². The number of ether oxygens (including phenoxy) is 1. The molecule has 0 bridgehead atoms. The van der Waals surface area contributed by atoms with Crippen molar-refractivity contribution in [2.45, 2.75) is 20.3 Å². The fourth-order valence-corrected chi connectivity index (χ4v) is 3.88. The number of benzene rings is 1. The van der Waals surface area contributed by atoms with Crippen molar-refractivity contribution in [2.24, 2.45) is 5.92 Å². The molecule has 10 nitrogen and oxygen atoms in total. The first-order valence-electron chi connectivity index (χ1n) is 11.1. The third-order valence-electron chi connectivity index (χ3n) is 5.36. The molecule has 13 heteroatoms. The van der Waals surface area contributed by atoms with Crippen LogP contribution in [0.3, 0.4) is 0 Å². The summed E-state index contributed by atoms with van der Waals surface area (Å²) in [5.41, 5.74) is 3.04. The lowest BCUT2D eigenvalue weighted by atomic mass is 10.1. The quantitative estimate of drug-likeness (QED) is 0.350. The molecule has 0 saturated carbocycles. The van der Waals surface area contributed by atoms with Crippen LogP contribution in [0, 0.1) is 17.6 Å². The normalized spacial score (nSPS) is 13.1. The van der Waals surface area contributed by atoms with Crippen LogP contribution >= 0.6 is 12.2 Å². The first-order chi connectivity index (χ1) is 17.0. The SMILES string of the molecule is COCCN1CN(CC(C)C)n2cc(C(=O)NNC(=S)Cc3ccc(F)cc3F)c(=O)c(O)c2C1=O. The average Bonchev–Trinajstić information content (AvgIpc) is 2.81. The molecule has 0 aliphatic carbocycles. The van der Waals surface area contributed by atoms with E-state index in [1.807, 2.05) is 13.8 Å². The Morgan fingerprint density at radius 2 is 1.97 bits per heavy atom. The molecule has 2 aromatic rings. The van der Waals surface area contributed by atoms with Crippen molar-refractivity contribution in [1.29, 1.82) is 0 Å². The zero-order valence-electron chi connectivity index (χ0n) is 20.0. The second kappa shape index (κ2) is 11.4. The predicted molar refractivity (Wildman–Crippen MR) is 131 cm³/mol. The number of halogens is 2. The fourth-order valence-electron chi connectivity index (χ4n) is 3.67. The first kappa shape index (κ1) is 27.0. The first-order valence-corrected chi connectivity index (χ1v) is 11.5. The highest BCUT2D eigenvalue weighted by Crippen LogP contribution is 2.22. The minimum absolute atomic E-state index is 0.00143. The molecule has 0 atom stereocenters. The smallest absolute Gasteiger partial charge is 0.277 e. The van der Waals surface area contributed by atoms with Gasteiger partial charge in [0.25, 0.3) is 11.8 Å². The molecule has 0 unspecified atom stereocenters. The van der Waals surface area contributed by atoms with Gasteiger partial charge in [-0.2, -0.15) is 0 Å². The molecule has 1 aliphatic rings. The van der Waals surface area contributed by atoms with Crippen LogP contribution in [0.2, 0.25) is 0 Å². The van der Waals surface area contributed by atoms with Gasteiger partial charge in [0.1, 0.15) is 23.9 Å². The van der Waals surface area contributed by atoms with Crippen molar-refractivity contribution in [1.82, 2.24) is 20.4 Å². The van der Waals surface area contributed by atoms with Crippen LogP contribution in [0.5, 0.6) is 5.75 Å². The third-order valence-corrected chi connectivity index (χ3v) is 5.61. The van der Waals surface area contributed by atoms with Crippen LogP contribution in [-0.2, 0) is 11.2 Å². The van der Waals surface area contributed by atoms with Crippen LogP contribution in [0.4, 0.5) is 8.78 Å². The minimum atomic E-state index is -1.04. The van der Waals surface area contributed by atoms with E-state index in [0.29, 0.717) is 12.6 Å². The third kappa shape index (κ3) is 5.97. The number of hydrazine groups is 1. The minimum Gasteiger partial charge on any atom is -0.502 e. The zero-order chi connectivity index (χ0) is 26.6. The summed E-state index contributed by atoms with van der Waals surface area (Å²) in [5.74, 6) is -3.74. The summed E-state index contributed by atoms with van der Waals surface area (Å²) < 4.78 is 33.3. The Morgan fingerprint density at radius 3 is 2.61 bits per heavy atom. The van der Waals surface area contributed by atoms with E-state index in [9.17, 15) is 28.3 Å². The molecule has 2 amide bonds. The molecule has 0 radical (unpaired) electrons. The van der Waals surface area contributed by atoms with Crippen LogP contribution in [0.15, 0.2) is 29.2 Å². The van der Waals surface area contributed by atoms with Crippen LogP contribution in [0.25, 0.3) is 0 Å². The molecule has 1 aromatic heterocycles. The van der Waals surface area contributed by atoms with Crippen molar-refractivity contribution in [3.05, 3.63) is 63.1 Å². The average molecular weight is 524 g/mol.